The van der Waals surface area contributed by atoms with Crippen molar-refractivity contribution in [2.24, 2.45) is 0 Å². The van der Waals surface area contributed by atoms with E-state index in [1.165, 1.54) is 17.7 Å². The van der Waals surface area contributed by atoms with Crippen molar-refractivity contribution in [3.8, 4) is 17.0 Å². The summed E-state index contributed by atoms with van der Waals surface area (Å²) >= 11 is 7.49. The SMILES string of the molecule is O=C(COc1ncnc2scc(-c3ccc(Cl)cc3)c12)NC[C@@H]1CCCO1. The van der Waals surface area contributed by atoms with Crippen LogP contribution in [0, 0.1) is 0 Å². The Labute approximate surface area is 165 Å². The van der Waals surface area contributed by atoms with Gasteiger partial charge in [0, 0.05) is 29.1 Å². The Hall–Kier alpha value is -2.22. The summed E-state index contributed by atoms with van der Waals surface area (Å²) in [5.41, 5.74) is 1.95. The number of carbonyl (C=O) groups is 1. The average Bonchev–Trinajstić information content (AvgIpc) is 3.35. The number of ether oxygens (including phenoxy) is 2. The Morgan fingerprint density at radius 1 is 1.33 bits per heavy atom. The second kappa shape index (κ2) is 8.21. The highest BCUT2D eigenvalue weighted by Crippen LogP contribution is 2.37. The molecule has 1 aliphatic heterocycles. The Morgan fingerprint density at radius 3 is 2.96 bits per heavy atom. The normalized spacial score (nSPS) is 16.6. The maximum absolute atomic E-state index is 12.1. The van der Waals surface area contributed by atoms with Gasteiger partial charge >= 0.3 is 0 Å². The molecule has 8 heteroatoms. The fourth-order valence-corrected chi connectivity index (χ4v) is 4.05. The van der Waals surface area contributed by atoms with Crippen LogP contribution in [0.15, 0.2) is 36.0 Å². The second-order valence-electron chi connectivity index (χ2n) is 6.24. The molecule has 0 aliphatic carbocycles. The van der Waals surface area contributed by atoms with Crippen LogP contribution in [-0.2, 0) is 9.53 Å². The van der Waals surface area contributed by atoms with Crippen LogP contribution in [0.3, 0.4) is 0 Å². The molecule has 3 aromatic rings. The molecule has 27 heavy (non-hydrogen) atoms. The van der Waals surface area contributed by atoms with E-state index in [-0.39, 0.29) is 18.6 Å². The van der Waals surface area contributed by atoms with Crippen molar-refractivity contribution in [1.29, 1.82) is 0 Å². The van der Waals surface area contributed by atoms with Crippen LogP contribution in [0.1, 0.15) is 12.8 Å². The number of benzene rings is 1. The van der Waals surface area contributed by atoms with E-state index in [4.69, 9.17) is 21.1 Å². The first-order chi connectivity index (χ1) is 13.2. The van der Waals surface area contributed by atoms with Crippen molar-refractivity contribution in [1.82, 2.24) is 15.3 Å². The minimum atomic E-state index is -0.194. The minimum Gasteiger partial charge on any atom is -0.467 e. The number of thiophene rings is 1. The number of rotatable bonds is 6. The molecule has 0 saturated carbocycles. The number of nitrogens with zero attached hydrogens (tertiary/aromatic N) is 2. The van der Waals surface area contributed by atoms with Crippen molar-refractivity contribution >= 4 is 39.1 Å². The van der Waals surface area contributed by atoms with Crippen molar-refractivity contribution in [3.63, 3.8) is 0 Å². The van der Waals surface area contributed by atoms with Crippen LogP contribution in [-0.4, -0.2) is 41.7 Å². The summed E-state index contributed by atoms with van der Waals surface area (Å²) in [5.74, 6) is 0.207. The fourth-order valence-electron chi connectivity index (χ4n) is 3.02. The van der Waals surface area contributed by atoms with Crippen LogP contribution in [0.25, 0.3) is 21.3 Å². The maximum Gasteiger partial charge on any atom is 0.258 e. The first kappa shape index (κ1) is 18.2. The molecule has 4 rings (SSSR count). The lowest BCUT2D eigenvalue weighted by Gasteiger charge is -2.11. The van der Waals surface area contributed by atoms with E-state index < -0.39 is 0 Å². The summed E-state index contributed by atoms with van der Waals surface area (Å²) in [5, 5.41) is 6.33. The van der Waals surface area contributed by atoms with Gasteiger partial charge in [0.05, 0.1) is 11.5 Å². The van der Waals surface area contributed by atoms with Gasteiger partial charge in [0.2, 0.25) is 5.88 Å². The number of nitrogens with one attached hydrogen (secondary N) is 1. The quantitative estimate of drug-likeness (QED) is 0.679. The van der Waals surface area contributed by atoms with E-state index in [1.807, 2.05) is 29.6 Å². The topological polar surface area (TPSA) is 73.3 Å². The third kappa shape index (κ3) is 4.21. The van der Waals surface area contributed by atoms with Crippen LogP contribution in [0.5, 0.6) is 5.88 Å². The zero-order valence-electron chi connectivity index (χ0n) is 14.5. The maximum atomic E-state index is 12.1. The molecule has 3 heterocycles. The van der Waals surface area contributed by atoms with E-state index >= 15 is 0 Å². The minimum absolute atomic E-state index is 0.102. The Morgan fingerprint density at radius 2 is 2.19 bits per heavy atom. The van der Waals surface area contributed by atoms with Crippen LogP contribution >= 0.6 is 22.9 Å². The van der Waals surface area contributed by atoms with Gasteiger partial charge in [0.1, 0.15) is 11.2 Å². The molecular weight excluding hydrogens is 386 g/mol. The molecule has 1 fully saturated rings. The zero-order chi connectivity index (χ0) is 18.6. The molecular formula is C19H18ClN3O3S. The molecule has 0 radical (unpaired) electrons. The molecule has 2 aromatic heterocycles. The summed E-state index contributed by atoms with van der Waals surface area (Å²) in [6, 6.07) is 7.55. The van der Waals surface area contributed by atoms with Crippen molar-refractivity contribution in [2.75, 3.05) is 19.8 Å². The van der Waals surface area contributed by atoms with E-state index in [0.717, 1.165) is 40.8 Å². The van der Waals surface area contributed by atoms with Gasteiger partial charge in [-0.1, -0.05) is 23.7 Å². The summed E-state index contributed by atoms with van der Waals surface area (Å²) in [6.45, 7) is 1.17. The number of hydrogen-bond donors (Lipinski definition) is 1. The first-order valence-corrected chi connectivity index (χ1v) is 9.95. The van der Waals surface area contributed by atoms with E-state index in [1.54, 1.807) is 0 Å². The highest BCUT2D eigenvalue weighted by atomic mass is 35.5. The molecule has 0 bridgehead atoms. The number of halogens is 1. The Bertz CT molecular complexity index is 939. The summed E-state index contributed by atoms with van der Waals surface area (Å²) in [4.78, 5) is 21.4. The molecule has 6 nitrogen and oxygen atoms in total. The van der Waals surface area contributed by atoms with Gasteiger partial charge in [0.15, 0.2) is 6.61 Å². The van der Waals surface area contributed by atoms with Gasteiger partial charge in [-0.2, -0.15) is 0 Å². The van der Waals surface area contributed by atoms with Crippen LogP contribution in [0.2, 0.25) is 5.02 Å². The predicted molar refractivity (Wildman–Crippen MR) is 105 cm³/mol. The Kier molecular flexibility index (Phi) is 5.52. The standard InChI is InChI=1S/C19H18ClN3O3S/c20-13-5-3-12(4-6-13)15-10-27-19-17(15)18(22-11-23-19)26-9-16(24)21-8-14-2-1-7-25-14/h3-6,10-11,14H,1-2,7-9H2,(H,21,24)/t14-/m0/s1. The Balaban J connectivity index is 1.49. The van der Waals surface area contributed by atoms with Gasteiger partial charge < -0.3 is 14.8 Å². The lowest BCUT2D eigenvalue weighted by molar-refractivity contribution is -0.123. The molecule has 1 aliphatic rings. The molecule has 1 atom stereocenters. The van der Waals surface area contributed by atoms with Gasteiger partial charge in [-0.25, -0.2) is 9.97 Å². The molecule has 1 amide bonds. The lowest BCUT2D eigenvalue weighted by Crippen LogP contribution is -2.35. The third-order valence-electron chi connectivity index (χ3n) is 4.38. The average molecular weight is 404 g/mol. The largest absolute Gasteiger partial charge is 0.467 e. The molecule has 1 aromatic carbocycles. The first-order valence-electron chi connectivity index (χ1n) is 8.70. The molecule has 1 saturated heterocycles. The predicted octanol–water partition coefficient (Wildman–Crippen LogP) is 3.69. The van der Waals surface area contributed by atoms with Crippen molar-refractivity contribution < 1.29 is 14.3 Å². The number of fused-ring (bicyclic) bond motifs is 1. The molecule has 1 N–H and O–H groups in total. The van der Waals surface area contributed by atoms with Crippen LogP contribution < -0.4 is 10.1 Å². The second-order valence-corrected chi connectivity index (χ2v) is 7.54. The lowest BCUT2D eigenvalue weighted by atomic mass is 10.1. The van der Waals surface area contributed by atoms with E-state index in [9.17, 15) is 4.79 Å². The molecule has 140 valence electrons. The number of hydrogen-bond acceptors (Lipinski definition) is 6. The fraction of sp³-hybridized carbons (Fsp3) is 0.316. The van der Waals surface area contributed by atoms with Gasteiger partial charge in [0.25, 0.3) is 5.91 Å². The highest BCUT2D eigenvalue weighted by Gasteiger charge is 2.18. The van der Waals surface area contributed by atoms with E-state index in [2.05, 4.69) is 15.3 Å². The number of amides is 1. The molecule has 0 unspecified atom stereocenters. The smallest absolute Gasteiger partial charge is 0.258 e. The van der Waals surface area contributed by atoms with Gasteiger partial charge in [-0.05, 0) is 30.5 Å². The molecule has 0 spiro atoms. The van der Waals surface area contributed by atoms with Crippen molar-refractivity contribution in [2.45, 2.75) is 18.9 Å². The van der Waals surface area contributed by atoms with E-state index in [0.29, 0.717) is 17.4 Å². The highest BCUT2D eigenvalue weighted by molar-refractivity contribution is 7.17. The number of aromatic nitrogens is 2. The summed E-state index contributed by atoms with van der Waals surface area (Å²) in [7, 11) is 0. The number of carbonyl (C=O) groups excluding carboxylic acids is 1. The van der Waals surface area contributed by atoms with Crippen LogP contribution in [0.4, 0.5) is 0 Å². The summed E-state index contributed by atoms with van der Waals surface area (Å²) < 4.78 is 11.2. The van der Waals surface area contributed by atoms with Gasteiger partial charge in [-0.15, -0.1) is 11.3 Å². The zero-order valence-corrected chi connectivity index (χ0v) is 16.1. The third-order valence-corrected chi connectivity index (χ3v) is 5.52. The monoisotopic (exact) mass is 403 g/mol. The summed E-state index contributed by atoms with van der Waals surface area (Å²) in [6.07, 6.45) is 3.58. The van der Waals surface area contributed by atoms with Gasteiger partial charge in [-0.3, -0.25) is 4.79 Å². The van der Waals surface area contributed by atoms with Crippen molar-refractivity contribution in [3.05, 3.63) is 41.0 Å².